The first-order chi connectivity index (χ1) is 12.0. The standard InChI is InChI=1S/C20H26FN3O/c1-3-24-13-20(11-19(24)25)6-8-23(9-7-20)12-18-14(2)16-10-15(21)4-5-17(16)22-18/h4-5,10,22H,3,6-9,11-13H2,1-2H3. The molecule has 0 saturated carbocycles. The Bertz CT molecular complexity index is 805. The highest BCUT2D eigenvalue weighted by molar-refractivity contribution is 5.84. The highest BCUT2D eigenvalue weighted by Gasteiger charge is 2.44. The molecule has 1 aromatic heterocycles. The predicted octanol–water partition coefficient (Wildman–Crippen LogP) is 3.45. The van der Waals surface area contributed by atoms with Gasteiger partial charge in [0.25, 0.3) is 0 Å². The lowest BCUT2D eigenvalue weighted by molar-refractivity contribution is -0.127. The van der Waals surface area contributed by atoms with E-state index in [9.17, 15) is 9.18 Å². The van der Waals surface area contributed by atoms with E-state index in [0.29, 0.717) is 5.91 Å². The molecule has 2 aliphatic rings. The van der Waals surface area contributed by atoms with Crippen molar-refractivity contribution in [1.82, 2.24) is 14.8 Å². The van der Waals surface area contributed by atoms with E-state index in [2.05, 4.69) is 23.7 Å². The molecular weight excluding hydrogens is 317 g/mol. The molecule has 0 unspecified atom stereocenters. The average Bonchev–Trinajstić information content (AvgIpc) is 3.08. The Morgan fingerprint density at radius 2 is 2.04 bits per heavy atom. The van der Waals surface area contributed by atoms with E-state index in [4.69, 9.17) is 0 Å². The van der Waals surface area contributed by atoms with Crippen molar-refractivity contribution in [2.75, 3.05) is 26.2 Å². The average molecular weight is 343 g/mol. The second kappa shape index (κ2) is 6.13. The molecule has 1 amide bonds. The minimum absolute atomic E-state index is 0.188. The van der Waals surface area contributed by atoms with E-state index >= 15 is 0 Å². The lowest BCUT2D eigenvalue weighted by atomic mass is 9.77. The fourth-order valence-corrected chi connectivity index (χ4v) is 4.53. The van der Waals surface area contributed by atoms with E-state index in [1.54, 1.807) is 6.07 Å². The SMILES string of the molecule is CCN1CC2(CCN(Cc3[nH]c4ccc(F)cc4c3C)CC2)CC1=O. The third kappa shape index (κ3) is 2.95. The van der Waals surface area contributed by atoms with Gasteiger partial charge in [0.2, 0.25) is 5.91 Å². The summed E-state index contributed by atoms with van der Waals surface area (Å²) in [5, 5.41) is 0.975. The molecule has 5 heteroatoms. The highest BCUT2D eigenvalue weighted by Crippen LogP contribution is 2.41. The van der Waals surface area contributed by atoms with Gasteiger partial charge >= 0.3 is 0 Å². The van der Waals surface area contributed by atoms with Crippen molar-refractivity contribution in [3.63, 3.8) is 0 Å². The van der Waals surface area contributed by atoms with Crippen LogP contribution in [0.5, 0.6) is 0 Å². The summed E-state index contributed by atoms with van der Waals surface area (Å²) in [6.07, 6.45) is 2.89. The molecule has 1 aromatic carbocycles. The van der Waals surface area contributed by atoms with Crippen LogP contribution in [0.2, 0.25) is 0 Å². The van der Waals surface area contributed by atoms with Gasteiger partial charge in [-0.1, -0.05) is 0 Å². The number of piperidine rings is 1. The van der Waals surface area contributed by atoms with E-state index in [1.807, 2.05) is 11.0 Å². The van der Waals surface area contributed by atoms with Crippen molar-refractivity contribution in [2.45, 2.75) is 39.7 Å². The number of fused-ring (bicyclic) bond motifs is 1. The summed E-state index contributed by atoms with van der Waals surface area (Å²) in [7, 11) is 0. The summed E-state index contributed by atoms with van der Waals surface area (Å²) in [6.45, 7) is 8.79. The summed E-state index contributed by atoms with van der Waals surface area (Å²) >= 11 is 0. The molecule has 134 valence electrons. The van der Waals surface area contributed by atoms with Crippen molar-refractivity contribution in [2.24, 2.45) is 5.41 Å². The molecule has 2 saturated heterocycles. The maximum atomic E-state index is 13.5. The number of nitrogens with zero attached hydrogens (tertiary/aromatic N) is 2. The fraction of sp³-hybridized carbons (Fsp3) is 0.550. The van der Waals surface area contributed by atoms with Gasteiger partial charge in [-0.15, -0.1) is 0 Å². The molecule has 1 N–H and O–H groups in total. The second-order valence-corrected chi connectivity index (χ2v) is 7.78. The Hall–Kier alpha value is -1.88. The molecule has 0 radical (unpaired) electrons. The van der Waals surface area contributed by atoms with Gasteiger partial charge < -0.3 is 9.88 Å². The van der Waals surface area contributed by atoms with Crippen LogP contribution in [0.1, 0.15) is 37.4 Å². The number of benzene rings is 1. The first-order valence-corrected chi connectivity index (χ1v) is 9.26. The molecule has 0 bridgehead atoms. The second-order valence-electron chi connectivity index (χ2n) is 7.78. The summed E-state index contributed by atoms with van der Waals surface area (Å²) < 4.78 is 13.5. The normalized spacial score (nSPS) is 20.9. The number of nitrogens with one attached hydrogen (secondary N) is 1. The van der Waals surface area contributed by atoms with Gasteiger partial charge in [-0.25, -0.2) is 4.39 Å². The Kier molecular flexibility index (Phi) is 4.07. The number of amides is 1. The van der Waals surface area contributed by atoms with Gasteiger partial charge in [0, 0.05) is 42.7 Å². The van der Waals surface area contributed by atoms with Crippen molar-refractivity contribution in [3.05, 3.63) is 35.3 Å². The van der Waals surface area contributed by atoms with Gasteiger partial charge in [-0.3, -0.25) is 9.69 Å². The third-order valence-corrected chi connectivity index (χ3v) is 6.21. The molecule has 2 fully saturated rings. The fourth-order valence-electron chi connectivity index (χ4n) is 4.53. The smallest absolute Gasteiger partial charge is 0.223 e. The predicted molar refractivity (Wildman–Crippen MR) is 96.8 cm³/mol. The zero-order valence-electron chi connectivity index (χ0n) is 15.1. The van der Waals surface area contributed by atoms with Crippen LogP contribution in [-0.4, -0.2) is 46.9 Å². The van der Waals surface area contributed by atoms with Gasteiger partial charge in [-0.2, -0.15) is 0 Å². The van der Waals surface area contributed by atoms with Crippen molar-refractivity contribution in [3.8, 4) is 0 Å². The first kappa shape index (κ1) is 16.6. The zero-order valence-corrected chi connectivity index (χ0v) is 15.1. The summed E-state index contributed by atoms with van der Waals surface area (Å²) in [6, 6.07) is 4.93. The number of hydrogen-bond acceptors (Lipinski definition) is 2. The van der Waals surface area contributed by atoms with Crippen LogP contribution in [0.15, 0.2) is 18.2 Å². The minimum atomic E-state index is -0.188. The number of aromatic nitrogens is 1. The van der Waals surface area contributed by atoms with E-state index < -0.39 is 0 Å². The molecule has 4 rings (SSSR count). The number of aryl methyl sites for hydroxylation is 1. The summed E-state index contributed by atoms with van der Waals surface area (Å²) in [5.74, 6) is 0.136. The topological polar surface area (TPSA) is 39.3 Å². The molecule has 4 nitrogen and oxygen atoms in total. The first-order valence-electron chi connectivity index (χ1n) is 9.26. The monoisotopic (exact) mass is 343 g/mol. The van der Waals surface area contributed by atoms with E-state index in [1.165, 1.54) is 11.8 Å². The summed E-state index contributed by atoms with van der Waals surface area (Å²) in [5.41, 5.74) is 3.52. The number of carbonyl (C=O) groups excluding carboxylic acids is 1. The highest BCUT2D eigenvalue weighted by atomic mass is 19.1. The number of rotatable bonds is 3. The Morgan fingerprint density at radius 3 is 2.72 bits per heavy atom. The van der Waals surface area contributed by atoms with Crippen LogP contribution in [-0.2, 0) is 11.3 Å². The maximum Gasteiger partial charge on any atom is 0.223 e. The number of likely N-dealkylation sites (tertiary alicyclic amines) is 2. The third-order valence-electron chi connectivity index (χ3n) is 6.21. The van der Waals surface area contributed by atoms with Crippen LogP contribution in [0.4, 0.5) is 4.39 Å². The molecule has 3 heterocycles. The number of aromatic amines is 1. The number of halogens is 1. The van der Waals surface area contributed by atoms with Crippen LogP contribution < -0.4 is 0 Å². The van der Waals surface area contributed by atoms with Crippen LogP contribution in [0, 0.1) is 18.2 Å². The molecule has 25 heavy (non-hydrogen) atoms. The van der Waals surface area contributed by atoms with Crippen LogP contribution in [0.3, 0.4) is 0 Å². The Balaban J connectivity index is 1.44. The van der Waals surface area contributed by atoms with E-state index in [0.717, 1.165) is 68.5 Å². The van der Waals surface area contributed by atoms with Gasteiger partial charge in [-0.05, 0) is 69.0 Å². The van der Waals surface area contributed by atoms with Crippen molar-refractivity contribution in [1.29, 1.82) is 0 Å². The molecule has 1 spiro atoms. The van der Waals surface area contributed by atoms with Crippen LogP contribution >= 0.6 is 0 Å². The maximum absolute atomic E-state index is 13.5. The molecule has 0 aliphatic carbocycles. The molecule has 0 atom stereocenters. The molecule has 2 aliphatic heterocycles. The van der Waals surface area contributed by atoms with Crippen molar-refractivity contribution < 1.29 is 9.18 Å². The number of carbonyl (C=O) groups is 1. The Morgan fingerprint density at radius 1 is 1.28 bits per heavy atom. The number of hydrogen-bond donors (Lipinski definition) is 1. The zero-order chi connectivity index (χ0) is 17.6. The Labute approximate surface area is 148 Å². The quantitative estimate of drug-likeness (QED) is 0.927. The summed E-state index contributed by atoms with van der Waals surface area (Å²) in [4.78, 5) is 20.0. The molecule has 2 aromatic rings. The lowest BCUT2D eigenvalue weighted by Crippen LogP contribution is -2.41. The largest absolute Gasteiger partial charge is 0.357 e. The van der Waals surface area contributed by atoms with Gasteiger partial charge in [0.1, 0.15) is 5.82 Å². The minimum Gasteiger partial charge on any atom is -0.357 e. The van der Waals surface area contributed by atoms with Gasteiger partial charge in [0.05, 0.1) is 0 Å². The number of H-pyrrole nitrogens is 1. The van der Waals surface area contributed by atoms with Crippen molar-refractivity contribution >= 4 is 16.8 Å². The van der Waals surface area contributed by atoms with E-state index in [-0.39, 0.29) is 11.2 Å². The van der Waals surface area contributed by atoms with Gasteiger partial charge in [0.15, 0.2) is 0 Å². The molecular formula is C20H26FN3O. The van der Waals surface area contributed by atoms with Crippen LogP contribution in [0.25, 0.3) is 10.9 Å². The lowest BCUT2D eigenvalue weighted by Gasteiger charge is -2.38.